The SMILES string of the molecule is COc1ccc(/C=C/C(=O)N(C)[C@]2(C)CCS(=O)(=O)C2)cc1. The fourth-order valence-corrected chi connectivity index (χ4v) is 4.70. The second-order valence-electron chi connectivity index (χ2n) is 5.84. The highest BCUT2D eigenvalue weighted by atomic mass is 32.2. The Hall–Kier alpha value is -1.82. The van der Waals surface area contributed by atoms with Crippen LogP contribution < -0.4 is 4.74 Å². The van der Waals surface area contributed by atoms with Gasteiger partial charge >= 0.3 is 0 Å². The molecule has 1 atom stereocenters. The number of ether oxygens (including phenoxy) is 1. The summed E-state index contributed by atoms with van der Waals surface area (Å²) >= 11 is 0. The summed E-state index contributed by atoms with van der Waals surface area (Å²) in [5.74, 6) is 0.724. The molecule has 2 rings (SSSR count). The molecule has 1 aliphatic rings. The first-order valence-electron chi connectivity index (χ1n) is 7.06. The van der Waals surface area contributed by atoms with Crippen LogP contribution in [0, 0.1) is 0 Å². The molecule has 1 aliphatic heterocycles. The lowest BCUT2D eigenvalue weighted by molar-refractivity contribution is -0.129. The van der Waals surface area contributed by atoms with Crippen molar-refractivity contribution in [2.45, 2.75) is 18.9 Å². The summed E-state index contributed by atoms with van der Waals surface area (Å²) in [7, 11) is 0.212. The lowest BCUT2D eigenvalue weighted by Gasteiger charge is -2.33. The predicted octanol–water partition coefficient (Wildman–Crippen LogP) is 1.74. The Kier molecular flexibility index (Phi) is 4.60. The van der Waals surface area contributed by atoms with Crippen molar-refractivity contribution in [1.82, 2.24) is 4.90 Å². The Balaban J connectivity index is 2.06. The molecule has 0 aliphatic carbocycles. The van der Waals surface area contributed by atoms with Crippen molar-refractivity contribution in [3.8, 4) is 5.75 Å². The van der Waals surface area contributed by atoms with Crippen LogP contribution in [0.5, 0.6) is 5.75 Å². The van der Waals surface area contributed by atoms with Crippen LogP contribution in [0.2, 0.25) is 0 Å². The Morgan fingerprint density at radius 3 is 2.45 bits per heavy atom. The van der Waals surface area contributed by atoms with Crippen molar-refractivity contribution < 1.29 is 17.9 Å². The van der Waals surface area contributed by atoms with Crippen LogP contribution in [0.25, 0.3) is 6.08 Å². The molecule has 6 heteroatoms. The van der Waals surface area contributed by atoms with Crippen molar-refractivity contribution in [1.29, 1.82) is 0 Å². The number of carbonyl (C=O) groups excluding carboxylic acids is 1. The molecule has 0 unspecified atom stereocenters. The van der Waals surface area contributed by atoms with Gasteiger partial charge in [-0.05, 0) is 37.1 Å². The fourth-order valence-electron chi connectivity index (χ4n) is 2.52. The van der Waals surface area contributed by atoms with Crippen molar-refractivity contribution >= 4 is 21.8 Å². The average molecular weight is 323 g/mol. The van der Waals surface area contributed by atoms with Crippen LogP contribution in [0.15, 0.2) is 30.3 Å². The molecule has 0 N–H and O–H groups in total. The van der Waals surface area contributed by atoms with E-state index in [0.717, 1.165) is 11.3 Å². The van der Waals surface area contributed by atoms with Crippen molar-refractivity contribution in [2.24, 2.45) is 0 Å². The molecule has 5 nitrogen and oxygen atoms in total. The Morgan fingerprint density at radius 1 is 1.32 bits per heavy atom. The molecule has 1 saturated heterocycles. The molecule has 1 aromatic carbocycles. The summed E-state index contributed by atoms with van der Waals surface area (Å²) in [5, 5.41) is 0. The van der Waals surface area contributed by atoms with E-state index in [4.69, 9.17) is 4.74 Å². The van der Waals surface area contributed by atoms with Gasteiger partial charge in [0, 0.05) is 13.1 Å². The van der Waals surface area contributed by atoms with Gasteiger partial charge in [0.2, 0.25) is 5.91 Å². The lowest BCUT2D eigenvalue weighted by atomic mass is 10.00. The number of rotatable bonds is 4. The summed E-state index contributed by atoms with van der Waals surface area (Å²) in [6, 6.07) is 7.34. The summed E-state index contributed by atoms with van der Waals surface area (Å²) in [6.45, 7) is 1.82. The molecular weight excluding hydrogens is 302 g/mol. The van der Waals surface area contributed by atoms with E-state index in [9.17, 15) is 13.2 Å². The minimum atomic E-state index is -3.04. The number of nitrogens with zero attached hydrogens (tertiary/aromatic N) is 1. The maximum Gasteiger partial charge on any atom is 0.246 e. The van der Waals surface area contributed by atoms with E-state index in [0.29, 0.717) is 6.42 Å². The third-order valence-corrected chi connectivity index (χ3v) is 6.04. The van der Waals surface area contributed by atoms with Gasteiger partial charge in [-0.15, -0.1) is 0 Å². The van der Waals surface area contributed by atoms with Crippen LogP contribution >= 0.6 is 0 Å². The molecule has 1 fully saturated rings. The van der Waals surface area contributed by atoms with Crippen molar-refractivity contribution in [2.75, 3.05) is 25.7 Å². The molecule has 0 bridgehead atoms. The van der Waals surface area contributed by atoms with E-state index < -0.39 is 15.4 Å². The maximum atomic E-state index is 12.3. The molecular formula is C16H21NO4S. The van der Waals surface area contributed by atoms with Gasteiger partial charge in [-0.25, -0.2) is 8.42 Å². The first kappa shape index (κ1) is 16.5. The first-order chi connectivity index (χ1) is 10.3. The third-order valence-electron chi connectivity index (χ3n) is 4.16. The van der Waals surface area contributed by atoms with E-state index in [1.165, 1.54) is 11.0 Å². The van der Waals surface area contributed by atoms with E-state index in [1.807, 2.05) is 31.2 Å². The lowest BCUT2D eigenvalue weighted by Crippen LogP contribution is -2.47. The molecule has 0 aromatic heterocycles. The smallest absolute Gasteiger partial charge is 0.246 e. The topological polar surface area (TPSA) is 63.7 Å². The molecule has 120 valence electrons. The molecule has 0 radical (unpaired) electrons. The highest BCUT2D eigenvalue weighted by Crippen LogP contribution is 2.28. The monoisotopic (exact) mass is 323 g/mol. The average Bonchev–Trinajstić information content (AvgIpc) is 2.79. The highest BCUT2D eigenvalue weighted by Gasteiger charge is 2.42. The Bertz CT molecular complexity index is 679. The Morgan fingerprint density at radius 2 is 1.95 bits per heavy atom. The number of hydrogen-bond acceptors (Lipinski definition) is 4. The normalized spacial score (nSPS) is 23.6. The molecule has 0 spiro atoms. The van der Waals surface area contributed by atoms with E-state index >= 15 is 0 Å². The quantitative estimate of drug-likeness (QED) is 0.792. The van der Waals surface area contributed by atoms with E-state index in [2.05, 4.69) is 0 Å². The van der Waals surface area contributed by atoms with Gasteiger partial charge in [0.25, 0.3) is 0 Å². The Labute approximate surface area is 131 Å². The zero-order valence-electron chi connectivity index (χ0n) is 13.1. The van der Waals surface area contributed by atoms with Crippen molar-refractivity contribution in [3.63, 3.8) is 0 Å². The number of benzene rings is 1. The molecule has 1 aromatic rings. The number of hydrogen-bond donors (Lipinski definition) is 0. The van der Waals surface area contributed by atoms with Gasteiger partial charge in [-0.1, -0.05) is 12.1 Å². The van der Waals surface area contributed by atoms with Crippen molar-refractivity contribution in [3.05, 3.63) is 35.9 Å². The summed E-state index contributed by atoms with van der Waals surface area (Å²) < 4.78 is 28.4. The number of likely N-dealkylation sites (N-methyl/N-ethyl adjacent to an activating group) is 1. The van der Waals surface area contributed by atoms with Gasteiger partial charge < -0.3 is 9.64 Å². The van der Waals surface area contributed by atoms with Crippen LogP contribution in [-0.4, -0.2) is 50.4 Å². The zero-order valence-corrected chi connectivity index (χ0v) is 13.9. The first-order valence-corrected chi connectivity index (χ1v) is 8.88. The molecule has 0 saturated carbocycles. The van der Waals surface area contributed by atoms with E-state index in [-0.39, 0.29) is 17.4 Å². The summed E-state index contributed by atoms with van der Waals surface area (Å²) in [6.07, 6.45) is 3.66. The molecule has 22 heavy (non-hydrogen) atoms. The number of carbonyl (C=O) groups is 1. The largest absolute Gasteiger partial charge is 0.497 e. The van der Waals surface area contributed by atoms with Crippen LogP contribution in [0.3, 0.4) is 0 Å². The predicted molar refractivity (Wildman–Crippen MR) is 86.5 cm³/mol. The number of amides is 1. The second-order valence-corrected chi connectivity index (χ2v) is 8.03. The summed E-state index contributed by atoms with van der Waals surface area (Å²) in [4.78, 5) is 13.8. The van der Waals surface area contributed by atoms with Gasteiger partial charge in [0.1, 0.15) is 5.75 Å². The molecule has 1 heterocycles. The zero-order chi connectivity index (χ0) is 16.4. The standard InChI is InChI=1S/C16H21NO4S/c1-16(10-11-22(19,20)12-16)17(2)15(18)9-6-13-4-7-14(21-3)8-5-13/h4-9H,10-12H2,1-3H3/b9-6+/t16-/m1/s1. The molecule has 1 amide bonds. The summed E-state index contributed by atoms with van der Waals surface area (Å²) in [5.41, 5.74) is 0.256. The van der Waals surface area contributed by atoms with Crippen LogP contribution in [-0.2, 0) is 14.6 Å². The van der Waals surface area contributed by atoms with E-state index in [1.54, 1.807) is 20.2 Å². The minimum absolute atomic E-state index is 0.0264. The van der Waals surface area contributed by atoms with Gasteiger partial charge in [-0.3, -0.25) is 4.79 Å². The number of sulfone groups is 1. The van der Waals surface area contributed by atoms with Gasteiger partial charge in [0.05, 0.1) is 24.2 Å². The number of methoxy groups -OCH3 is 1. The highest BCUT2D eigenvalue weighted by molar-refractivity contribution is 7.91. The minimum Gasteiger partial charge on any atom is -0.497 e. The van der Waals surface area contributed by atoms with Gasteiger partial charge in [-0.2, -0.15) is 0 Å². The van der Waals surface area contributed by atoms with Crippen LogP contribution in [0.1, 0.15) is 18.9 Å². The van der Waals surface area contributed by atoms with Crippen LogP contribution in [0.4, 0.5) is 0 Å². The van der Waals surface area contributed by atoms with Gasteiger partial charge in [0.15, 0.2) is 9.84 Å². The third kappa shape index (κ3) is 3.68. The second kappa shape index (κ2) is 6.12. The fraction of sp³-hybridized carbons (Fsp3) is 0.438. The maximum absolute atomic E-state index is 12.3.